The topological polar surface area (TPSA) is 150 Å². The van der Waals surface area contributed by atoms with Crippen molar-refractivity contribution in [1.82, 2.24) is 14.7 Å². The van der Waals surface area contributed by atoms with Gasteiger partial charge in [-0.1, -0.05) is 30.3 Å². The summed E-state index contributed by atoms with van der Waals surface area (Å²) in [6.45, 7) is 2.65. The summed E-state index contributed by atoms with van der Waals surface area (Å²) < 4.78 is 15.3. The third-order valence-corrected chi connectivity index (χ3v) is 7.46. The number of nitrogen functional groups attached to an aromatic ring is 1. The molecule has 2 aromatic carbocycles. The van der Waals surface area contributed by atoms with Gasteiger partial charge < -0.3 is 30.9 Å². The van der Waals surface area contributed by atoms with E-state index in [4.69, 9.17) is 20.3 Å². The van der Waals surface area contributed by atoms with E-state index >= 15 is 0 Å². The molecule has 43 heavy (non-hydrogen) atoms. The Morgan fingerprint density at radius 3 is 2.56 bits per heavy atom. The lowest BCUT2D eigenvalue weighted by Gasteiger charge is -2.29. The van der Waals surface area contributed by atoms with Gasteiger partial charge in [-0.25, -0.2) is 4.68 Å². The van der Waals surface area contributed by atoms with Crippen LogP contribution in [-0.4, -0.2) is 52.3 Å². The maximum Gasteiger partial charge on any atom is 0.286 e. The van der Waals surface area contributed by atoms with E-state index in [0.717, 1.165) is 11.4 Å². The van der Waals surface area contributed by atoms with Gasteiger partial charge in [-0.05, 0) is 62.9 Å². The molecule has 4 rings (SSSR count). The van der Waals surface area contributed by atoms with E-state index in [1.54, 1.807) is 35.0 Å². The third kappa shape index (κ3) is 8.14. The van der Waals surface area contributed by atoms with Crippen molar-refractivity contribution < 1.29 is 24.2 Å². The highest BCUT2D eigenvalue weighted by Gasteiger charge is 2.33. The molecule has 230 valence electrons. The Morgan fingerprint density at radius 1 is 1.07 bits per heavy atom. The van der Waals surface area contributed by atoms with Gasteiger partial charge in [-0.15, -0.1) is 0 Å². The number of ether oxygens (including phenoxy) is 2. The maximum atomic E-state index is 13.7. The number of aromatic nitrogens is 2. The van der Waals surface area contributed by atoms with Crippen LogP contribution in [0.3, 0.4) is 0 Å². The highest BCUT2D eigenvalue weighted by molar-refractivity contribution is 5.93. The van der Waals surface area contributed by atoms with Crippen LogP contribution < -0.4 is 21.9 Å². The fourth-order valence-electron chi connectivity index (χ4n) is 5.09. The van der Waals surface area contributed by atoms with Gasteiger partial charge in [0.15, 0.2) is 5.76 Å². The van der Waals surface area contributed by atoms with Crippen LogP contribution in [-0.2, 0) is 26.1 Å². The standard InChI is InChI=1S/C32H41N5O6/c1-22-30(32(41)37(36(22)2)24-12-4-3-5-13-24)23-20-27(43-29(21-23)42-19-11-10-18-38)31(40)34-17-9-8-16-28(39)35-26-15-7-6-14-25(26)33/h3-7,12-15,20,23,29,38H,8-11,16-19,21,33H2,1-2H3,(H,34,40)(H,35,39)/t23-,29+/m0/s1. The van der Waals surface area contributed by atoms with E-state index in [1.165, 1.54) is 0 Å². The van der Waals surface area contributed by atoms with Crippen molar-refractivity contribution in [3.05, 3.63) is 88.0 Å². The summed E-state index contributed by atoms with van der Waals surface area (Å²) in [5.41, 5.74) is 8.90. The highest BCUT2D eigenvalue weighted by Crippen LogP contribution is 2.32. The van der Waals surface area contributed by atoms with E-state index in [0.29, 0.717) is 62.2 Å². The molecule has 11 nitrogen and oxygen atoms in total. The number of nitrogens with two attached hydrogens (primary N) is 1. The molecule has 1 aliphatic rings. The number of rotatable bonds is 14. The van der Waals surface area contributed by atoms with Gasteiger partial charge in [0, 0.05) is 50.2 Å². The zero-order valence-corrected chi connectivity index (χ0v) is 24.8. The van der Waals surface area contributed by atoms with Crippen LogP contribution in [0, 0.1) is 6.92 Å². The largest absolute Gasteiger partial charge is 0.459 e. The summed E-state index contributed by atoms with van der Waals surface area (Å²) in [5, 5.41) is 14.8. The zero-order valence-electron chi connectivity index (χ0n) is 24.8. The molecule has 0 unspecified atom stereocenters. The summed E-state index contributed by atoms with van der Waals surface area (Å²) in [5.74, 6) is -0.872. The fraction of sp³-hybridized carbons (Fsp3) is 0.406. The van der Waals surface area contributed by atoms with Gasteiger partial charge in [0.2, 0.25) is 12.2 Å². The van der Waals surface area contributed by atoms with E-state index in [-0.39, 0.29) is 30.3 Å². The summed E-state index contributed by atoms with van der Waals surface area (Å²) >= 11 is 0. The number of hydrogen-bond donors (Lipinski definition) is 4. The zero-order chi connectivity index (χ0) is 30.8. The molecule has 11 heteroatoms. The molecule has 0 spiro atoms. The van der Waals surface area contributed by atoms with Crippen LogP contribution in [0.1, 0.15) is 55.7 Å². The smallest absolute Gasteiger partial charge is 0.286 e. The number of carbonyl (C=O) groups excluding carboxylic acids is 2. The van der Waals surface area contributed by atoms with Crippen molar-refractivity contribution in [2.24, 2.45) is 7.05 Å². The number of anilines is 2. The van der Waals surface area contributed by atoms with Crippen molar-refractivity contribution in [3.8, 4) is 5.69 Å². The summed E-state index contributed by atoms with van der Waals surface area (Å²) in [7, 11) is 1.84. The van der Waals surface area contributed by atoms with Gasteiger partial charge in [0.1, 0.15) is 0 Å². The Balaban J connectivity index is 1.42. The lowest BCUT2D eigenvalue weighted by Crippen LogP contribution is -2.34. The minimum absolute atomic E-state index is 0.0648. The van der Waals surface area contributed by atoms with Gasteiger partial charge in [-0.2, -0.15) is 0 Å². The fourth-order valence-corrected chi connectivity index (χ4v) is 5.09. The second-order valence-corrected chi connectivity index (χ2v) is 10.5. The first-order valence-corrected chi connectivity index (χ1v) is 14.7. The highest BCUT2D eigenvalue weighted by atomic mass is 16.7. The number of nitrogens with one attached hydrogen (secondary N) is 2. The van der Waals surface area contributed by atoms with Gasteiger partial charge >= 0.3 is 0 Å². The molecule has 0 radical (unpaired) electrons. The summed E-state index contributed by atoms with van der Waals surface area (Å²) in [6, 6.07) is 16.5. The average molecular weight is 592 g/mol. The molecule has 5 N–H and O–H groups in total. The molecule has 2 heterocycles. The number of benzene rings is 2. The van der Waals surface area contributed by atoms with Crippen molar-refractivity contribution in [2.75, 3.05) is 30.8 Å². The molecule has 2 atom stereocenters. The van der Waals surface area contributed by atoms with Crippen LogP contribution in [0.25, 0.3) is 5.69 Å². The van der Waals surface area contributed by atoms with E-state index < -0.39 is 18.1 Å². The lowest BCUT2D eigenvalue weighted by atomic mass is 9.93. The second kappa shape index (κ2) is 15.2. The molecule has 0 saturated carbocycles. The minimum Gasteiger partial charge on any atom is -0.459 e. The van der Waals surface area contributed by atoms with Gasteiger partial charge in [0.25, 0.3) is 11.5 Å². The van der Waals surface area contributed by atoms with Crippen molar-refractivity contribution in [3.63, 3.8) is 0 Å². The number of para-hydroxylation sites is 3. The Morgan fingerprint density at radius 2 is 1.81 bits per heavy atom. The van der Waals surface area contributed by atoms with Crippen LogP contribution in [0.5, 0.6) is 0 Å². The molecule has 0 bridgehead atoms. The first-order chi connectivity index (χ1) is 20.8. The Hall–Kier alpha value is -4.35. The van der Waals surface area contributed by atoms with Crippen molar-refractivity contribution >= 4 is 23.2 Å². The molecule has 0 aliphatic carbocycles. The number of aliphatic hydroxyl groups excluding tert-OH is 1. The first kappa shape index (κ1) is 31.6. The Kier molecular flexibility index (Phi) is 11.2. The van der Waals surface area contributed by atoms with E-state index in [2.05, 4.69) is 10.6 Å². The van der Waals surface area contributed by atoms with E-state index in [1.807, 2.05) is 49.0 Å². The second-order valence-electron chi connectivity index (χ2n) is 10.5. The van der Waals surface area contributed by atoms with Crippen molar-refractivity contribution in [2.45, 2.75) is 57.7 Å². The van der Waals surface area contributed by atoms with E-state index in [9.17, 15) is 14.4 Å². The van der Waals surface area contributed by atoms with Crippen LogP contribution in [0.15, 0.2) is 71.2 Å². The van der Waals surface area contributed by atoms with Gasteiger partial charge in [0.05, 0.1) is 23.7 Å². The number of allylic oxidation sites excluding steroid dienone is 1. The molecule has 0 saturated heterocycles. The maximum absolute atomic E-state index is 13.7. The molecule has 1 aromatic heterocycles. The molecule has 3 aromatic rings. The number of aliphatic hydroxyl groups is 1. The molecular weight excluding hydrogens is 550 g/mol. The molecular formula is C32H41N5O6. The number of carbonyl (C=O) groups is 2. The molecule has 0 fully saturated rings. The normalized spacial score (nSPS) is 16.3. The monoisotopic (exact) mass is 591 g/mol. The van der Waals surface area contributed by atoms with Crippen molar-refractivity contribution in [1.29, 1.82) is 0 Å². The SMILES string of the molecule is Cc1c([C@H]2C=C(C(=O)NCCCCC(=O)Nc3ccccc3N)O[C@@H](OCCCCO)C2)c(=O)n(-c2ccccc2)n1C. The third-order valence-electron chi connectivity index (χ3n) is 7.46. The lowest BCUT2D eigenvalue weighted by molar-refractivity contribution is -0.146. The van der Waals surface area contributed by atoms with Crippen LogP contribution in [0.2, 0.25) is 0 Å². The Labute approximate surface area is 251 Å². The summed E-state index contributed by atoms with van der Waals surface area (Å²) in [4.78, 5) is 39.1. The number of nitrogens with zero attached hydrogens (tertiary/aromatic N) is 2. The Bertz CT molecular complexity index is 1480. The number of hydrogen-bond acceptors (Lipinski definition) is 7. The molecule has 1 aliphatic heterocycles. The minimum atomic E-state index is -0.729. The number of amides is 2. The number of unbranched alkanes of at least 4 members (excludes halogenated alkanes) is 2. The predicted octanol–water partition coefficient (Wildman–Crippen LogP) is 3.49. The van der Waals surface area contributed by atoms with Crippen LogP contribution in [0.4, 0.5) is 11.4 Å². The summed E-state index contributed by atoms with van der Waals surface area (Å²) in [6.07, 6.45) is 4.01. The van der Waals surface area contributed by atoms with Gasteiger partial charge in [-0.3, -0.25) is 19.1 Å². The molecule has 2 amide bonds. The van der Waals surface area contributed by atoms with Crippen LogP contribution >= 0.6 is 0 Å². The average Bonchev–Trinajstić information content (AvgIpc) is 3.23. The predicted molar refractivity (Wildman–Crippen MR) is 165 cm³/mol. The first-order valence-electron chi connectivity index (χ1n) is 14.7. The quantitative estimate of drug-likeness (QED) is 0.166.